The number of rotatable bonds is 4. The normalized spacial score (nSPS) is 22.7. The molecule has 0 N–H and O–H groups in total. The quantitative estimate of drug-likeness (QED) is 0.608. The summed E-state index contributed by atoms with van der Waals surface area (Å²) in [7, 11) is -3.80. The number of sulfonamides is 1. The fraction of sp³-hybridized carbons (Fsp3) is 0.350. The lowest BCUT2D eigenvalue weighted by atomic mass is 10.1. The van der Waals surface area contributed by atoms with Gasteiger partial charge in [0.1, 0.15) is 11.6 Å². The Kier molecular flexibility index (Phi) is 4.67. The van der Waals surface area contributed by atoms with Crippen LogP contribution in [-0.2, 0) is 19.6 Å². The molecule has 3 atom stereocenters. The molecule has 0 bridgehead atoms. The highest BCUT2D eigenvalue weighted by Crippen LogP contribution is 2.48. The molecular formula is C20H23NO4S. The lowest BCUT2D eigenvalue weighted by molar-refractivity contribution is -0.154. The van der Waals surface area contributed by atoms with Crippen LogP contribution in [0, 0.1) is 6.92 Å². The van der Waals surface area contributed by atoms with Crippen molar-refractivity contribution in [3.8, 4) is 0 Å². The third-order valence-electron chi connectivity index (χ3n) is 4.14. The van der Waals surface area contributed by atoms with Crippen molar-refractivity contribution in [2.45, 2.75) is 50.3 Å². The third-order valence-corrected chi connectivity index (χ3v) is 6.02. The van der Waals surface area contributed by atoms with Crippen LogP contribution in [0.3, 0.4) is 0 Å². The maximum Gasteiger partial charge on any atom is 0.327 e. The molecule has 2 aromatic rings. The topological polar surface area (TPSA) is 63.5 Å². The predicted molar refractivity (Wildman–Crippen MR) is 99.0 cm³/mol. The van der Waals surface area contributed by atoms with Gasteiger partial charge in [0.25, 0.3) is 0 Å². The van der Waals surface area contributed by atoms with Gasteiger partial charge in [-0.2, -0.15) is 4.31 Å². The molecule has 1 fully saturated rings. The van der Waals surface area contributed by atoms with E-state index >= 15 is 0 Å². The molecule has 1 unspecified atom stereocenters. The molecule has 1 saturated heterocycles. The molecule has 0 amide bonds. The van der Waals surface area contributed by atoms with E-state index in [9.17, 15) is 13.2 Å². The minimum atomic E-state index is -3.80. The fourth-order valence-electron chi connectivity index (χ4n) is 2.92. The Labute approximate surface area is 154 Å². The maximum atomic E-state index is 13.1. The molecule has 5 nitrogen and oxygen atoms in total. The van der Waals surface area contributed by atoms with Gasteiger partial charge >= 0.3 is 5.97 Å². The van der Waals surface area contributed by atoms with Gasteiger partial charge in [-0.1, -0.05) is 48.0 Å². The Morgan fingerprint density at radius 3 is 2.12 bits per heavy atom. The van der Waals surface area contributed by atoms with Gasteiger partial charge in [0.05, 0.1) is 10.9 Å². The fourth-order valence-corrected chi connectivity index (χ4v) is 4.62. The Morgan fingerprint density at radius 2 is 1.58 bits per heavy atom. The molecule has 0 saturated carbocycles. The molecule has 138 valence electrons. The van der Waals surface area contributed by atoms with E-state index in [4.69, 9.17) is 4.74 Å². The molecule has 2 aromatic carbocycles. The van der Waals surface area contributed by atoms with Crippen molar-refractivity contribution in [3.63, 3.8) is 0 Å². The van der Waals surface area contributed by atoms with E-state index in [2.05, 4.69) is 0 Å². The Bertz CT molecular complexity index is 899. The van der Waals surface area contributed by atoms with Crippen molar-refractivity contribution in [1.82, 2.24) is 4.31 Å². The van der Waals surface area contributed by atoms with Gasteiger partial charge in [-0.25, -0.2) is 8.42 Å². The monoisotopic (exact) mass is 373 g/mol. The van der Waals surface area contributed by atoms with E-state index < -0.39 is 33.7 Å². The van der Waals surface area contributed by atoms with Crippen LogP contribution in [0.15, 0.2) is 59.5 Å². The van der Waals surface area contributed by atoms with Crippen molar-refractivity contribution in [3.05, 3.63) is 65.7 Å². The zero-order valence-electron chi connectivity index (χ0n) is 15.3. The largest absolute Gasteiger partial charge is 0.459 e. The molecule has 0 radical (unpaired) electrons. The third kappa shape index (κ3) is 3.66. The first-order valence-electron chi connectivity index (χ1n) is 8.49. The highest BCUT2D eigenvalue weighted by atomic mass is 32.2. The smallest absolute Gasteiger partial charge is 0.327 e. The summed E-state index contributed by atoms with van der Waals surface area (Å²) in [5.74, 6) is -0.526. The molecule has 6 heteroatoms. The number of aryl methyl sites for hydroxylation is 1. The van der Waals surface area contributed by atoms with E-state index in [0.29, 0.717) is 0 Å². The zero-order valence-corrected chi connectivity index (χ0v) is 16.2. The second kappa shape index (κ2) is 6.52. The van der Waals surface area contributed by atoms with Crippen molar-refractivity contribution in [2.75, 3.05) is 0 Å². The molecule has 1 aliphatic rings. The van der Waals surface area contributed by atoms with Gasteiger partial charge in [0.15, 0.2) is 0 Å². The molecule has 0 aliphatic carbocycles. The molecular weight excluding hydrogens is 350 g/mol. The van der Waals surface area contributed by atoms with E-state index in [-0.39, 0.29) is 4.90 Å². The van der Waals surface area contributed by atoms with Crippen molar-refractivity contribution in [2.24, 2.45) is 0 Å². The molecule has 26 heavy (non-hydrogen) atoms. The average molecular weight is 373 g/mol. The molecule has 0 spiro atoms. The minimum Gasteiger partial charge on any atom is -0.459 e. The summed E-state index contributed by atoms with van der Waals surface area (Å²) >= 11 is 0. The SMILES string of the molecule is Cc1ccc(S(=O)(=O)N2[C@@H](C(=O)OC(C)(C)C)[C@@H]2c2ccccc2)cc1. The second-order valence-corrected chi connectivity index (χ2v) is 9.33. The Balaban J connectivity index is 1.97. The lowest BCUT2D eigenvalue weighted by Gasteiger charge is -2.19. The Hall–Kier alpha value is -2.18. The van der Waals surface area contributed by atoms with Gasteiger partial charge in [0.2, 0.25) is 10.0 Å². The number of hydrogen-bond donors (Lipinski definition) is 0. The highest BCUT2D eigenvalue weighted by molar-refractivity contribution is 7.89. The molecule has 1 aliphatic heterocycles. The number of hydrogen-bond acceptors (Lipinski definition) is 4. The summed E-state index contributed by atoms with van der Waals surface area (Å²) in [4.78, 5) is 12.8. The lowest BCUT2D eigenvalue weighted by Crippen LogP contribution is -2.29. The van der Waals surface area contributed by atoms with Crippen LogP contribution in [0.5, 0.6) is 0 Å². The summed E-state index contributed by atoms with van der Waals surface area (Å²) in [6.45, 7) is 7.20. The summed E-state index contributed by atoms with van der Waals surface area (Å²) < 4.78 is 32.9. The second-order valence-electron chi connectivity index (χ2n) is 7.48. The summed E-state index contributed by atoms with van der Waals surface area (Å²) in [5, 5.41) is 0. The molecule has 0 aromatic heterocycles. The molecule has 3 rings (SSSR count). The number of carbonyl (C=O) groups is 1. The van der Waals surface area contributed by atoms with Crippen molar-refractivity contribution >= 4 is 16.0 Å². The first-order chi connectivity index (χ1) is 12.1. The van der Waals surface area contributed by atoms with Crippen LogP contribution < -0.4 is 0 Å². The summed E-state index contributed by atoms with van der Waals surface area (Å²) in [6, 6.07) is 14.4. The van der Waals surface area contributed by atoms with Gasteiger partial charge in [-0.15, -0.1) is 0 Å². The van der Waals surface area contributed by atoms with Crippen LogP contribution >= 0.6 is 0 Å². The van der Waals surface area contributed by atoms with E-state index in [1.54, 1.807) is 45.0 Å². The first kappa shape index (κ1) is 18.6. The van der Waals surface area contributed by atoms with Crippen LogP contribution in [0.4, 0.5) is 0 Å². The van der Waals surface area contributed by atoms with Crippen LogP contribution in [0.25, 0.3) is 0 Å². The van der Waals surface area contributed by atoms with E-state index in [0.717, 1.165) is 11.1 Å². The first-order valence-corrected chi connectivity index (χ1v) is 9.93. The number of esters is 1. The molecule has 1 heterocycles. The zero-order chi connectivity index (χ0) is 19.1. The van der Waals surface area contributed by atoms with Crippen molar-refractivity contribution < 1.29 is 17.9 Å². The van der Waals surface area contributed by atoms with Gasteiger partial charge in [0, 0.05) is 0 Å². The van der Waals surface area contributed by atoms with E-state index in [1.165, 1.54) is 4.31 Å². The summed E-state index contributed by atoms with van der Waals surface area (Å²) in [5.41, 5.74) is 1.07. The van der Waals surface area contributed by atoms with Crippen molar-refractivity contribution in [1.29, 1.82) is 0 Å². The Morgan fingerprint density at radius 1 is 1.00 bits per heavy atom. The number of ether oxygens (including phenoxy) is 1. The average Bonchev–Trinajstić information content (AvgIpc) is 3.31. The van der Waals surface area contributed by atoms with Crippen LogP contribution in [-0.4, -0.2) is 30.3 Å². The minimum absolute atomic E-state index is 0.176. The van der Waals surface area contributed by atoms with Crippen LogP contribution in [0.1, 0.15) is 37.9 Å². The van der Waals surface area contributed by atoms with E-state index in [1.807, 2.05) is 37.3 Å². The number of carbonyl (C=O) groups excluding carboxylic acids is 1. The van der Waals surface area contributed by atoms with Gasteiger partial charge < -0.3 is 4.74 Å². The van der Waals surface area contributed by atoms with Gasteiger partial charge in [-0.3, -0.25) is 4.79 Å². The number of benzene rings is 2. The van der Waals surface area contributed by atoms with Gasteiger partial charge in [-0.05, 0) is 45.4 Å². The van der Waals surface area contributed by atoms with Crippen LogP contribution in [0.2, 0.25) is 0 Å². The summed E-state index contributed by atoms with van der Waals surface area (Å²) in [6.07, 6.45) is 0. The predicted octanol–water partition coefficient (Wildman–Crippen LogP) is 3.45. The number of nitrogens with zero attached hydrogens (tertiary/aromatic N) is 1. The standard InChI is InChI=1S/C20H23NO4S/c1-14-10-12-16(13-11-14)26(23,24)21-17(15-8-6-5-7-9-15)18(21)19(22)25-20(2,3)4/h5-13,17-18H,1-4H3/t17-,18+,21?/m0/s1. The highest BCUT2D eigenvalue weighted by Gasteiger charge is 2.61. The maximum absolute atomic E-state index is 13.1.